The number of aryl methyl sites for hydroxylation is 1. The fourth-order valence-corrected chi connectivity index (χ4v) is 4.18. The van der Waals surface area contributed by atoms with Gasteiger partial charge < -0.3 is 4.90 Å². The summed E-state index contributed by atoms with van der Waals surface area (Å²) in [5.74, 6) is -0.0348. The number of pyridine rings is 1. The Balaban J connectivity index is 1.73. The number of aromatic nitrogens is 1. The van der Waals surface area contributed by atoms with Crippen LogP contribution in [0.1, 0.15) is 35.5 Å². The molecule has 1 heterocycles. The third-order valence-electron chi connectivity index (χ3n) is 5.83. The maximum Gasteiger partial charge on any atom is 0.188 e. The molecule has 0 N–H and O–H groups in total. The van der Waals surface area contributed by atoms with E-state index in [2.05, 4.69) is 43.0 Å². The van der Waals surface area contributed by atoms with Crippen molar-refractivity contribution in [1.82, 2.24) is 4.98 Å². The molecule has 0 amide bonds. The standard InChI is InChI=1S/C29H28N2O/c1-4-31(5-2)24-18-15-22(16-19-24)17-20-27(32)28-21(3)30-26-14-10-9-13-25(26)29(28)23-11-7-6-8-12-23/h6-20H,4-5H2,1-3H3/b20-17+. The number of hydrogen-bond donors (Lipinski definition) is 0. The minimum Gasteiger partial charge on any atom is -0.372 e. The first kappa shape index (κ1) is 21.5. The van der Waals surface area contributed by atoms with Gasteiger partial charge in [0.2, 0.25) is 0 Å². The summed E-state index contributed by atoms with van der Waals surface area (Å²) in [4.78, 5) is 20.4. The predicted octanol–water partition coefficient (Wildman–Crippen LogP) is 6.95. The van der Waals surface area contributed by atoms with Crippen LogP contribution in [0, 0.1) is 6.92 Å². The summed E-state index contributed by atoms with van der Waals surface area (Å²) in [6, 6.07) is 26.4. The van der Waals surface area contributed by atoms with Gasteiger partial charge >= 0.3 is 0 Å². The molecule has 3 aromatic carbocycles. The highest BCUT2D eigenvalue weighted by atomic mass is 16.1. The zero-order chi connectivity index (χ0) is 22.5. The Kier molecular flexibility index (Phi) is 6.46. The Morgan fingerprint density at radius 3 is 2.22 bits per heavy atom. The lowest BCUT2D eigenvalue weighted by atomic mass is 9.92. The van der Waals surface area contributed by atoms with E-state index >= 15 is 0 Å². The number of fused-ring (bicyclic) bond motifs is 1. The van der Waals surface area contributed by atoms with Crippen molar-refractivity contribution < 1.29 is 4.79 Å². The molecule has 3 nitrogen and oxygen atoms in total. The zero-order valence-corrected chi connectivity index (χ0v) is 18.9. The zero-order valence-electron chi connectivity index (χ0n) is 18.9. The summed E-state index contributed by atoms with van der Waals surface area (Å²) in [7, 11) is 0. The lowest BCUT2D eigenvalue weighted by molar-refractivity contribution is 0.104. The van der Waals surface area contributed by atoms with Crippen LogP contribution in [0.5, 0.6) is 0 Å². The number of anilines is 1. The van der Waals surface area contributed by atoms with Gasteiger partial charge in [0.25, 0.3) is 0 Å². The second-order valence-electron chi connectivity index (χ2n) is 7.79. The molecule has 0 saturated heterocycles. The second kappa shape index (κ2) is 9.61. The van der Waals surface area contributed by atoms with Gasteiger partial charge in [0, 0.05) is 35.4 Å². The first-order valence-electron chi connectivity index (χ1n) is 11.1. The molecule has 0 saturated carbocycles. The van der Waals surface area contributed by atoms with Crippen molar-refractivity contribution in [3.8, 4) is 11.1 Å². The van der Waals surface area contributed by atoms with E-state index in [1.54, 1.807) is 6.08 Å². The fraction of sp³-hybridized carbons (Fsp3) is 0.172. The van der Waals surface area contributed by atoms with Gasteiger partial charge in [-0.05, 0) is 56.2 Å². The Hall–Kier alpha value is -3.72. The van der Waals surface area contributed by atoms with Gasteiger partial charge in [0.15, 0.2) is 5.78 Å². The van der Waals surface area contributed by atoms with E-state index in [4.69, 9.17) is 4.98 Å². The van der Waals surface area contributed by atoms with E-state index in [0.29, 0.717) is 5.56 Å². The highest BCUT2D eigenvalue weighted by molar-refractivity contribution is 6.16. The van der Waals surface area contributed by atoms with E-state index < -0.39 is 0 Å². The van der Waals surface area contributed by atoms with Crippen molar-refractivity contribution in [2.24, 2.45) is 0 Å². The Bertz CT molecular complexity index is 1250. The smallest absolute Gasteiger partial charge is 0.188 e. The Labute approximate surface area is 190 Å². The van der Waals surface area contributed by atoms with Crippen LogP contribution >= 0.6 is 0 Å². The molecule has 0 bridgehead atoms. The molecule has 0 spiro atoms. The van der Waals surface area contributed by atoms with Crippen LogP contribution in [0.4, 0.5) is 5.69 Å². The molecule has 0 atom stereocenters. The second-order valence-corrected chi connectivity index (χ2v) is 7.79. The number of carbonyl (C=O) groups is 1. The number of ketones is 1. The molecule has 4 rings (SSSR count). The summed E-state index contributed by atoms with van der Waals surface area (Å²) in [5, 5.41) is 0.990. The molecule has 0 aliphatic carbocycles. The van der Waals surface area contributed by atoms with Crippen LogP contribution in [0.2, 0.25) is 0 Å². The highest BCUT2D eigenvalue weighted by Crippen LogP contribution is 2.33. The van der Waals surface area contributed by atoms with Crippen LogP contribution in [-0.4, -0.2) is 23.9 Å². The number of nitrogens with zero attached hydrogens (tertiary/aromatic N) is 2. The van der Waals surface area contributed by atoms with Gasteiger partial charge in [0.1, 0.15) is 0 Å². The summed E-state index contributed by atoms with van der Waals surface area (Å²) >= 11 is 0. The van der Waals surface area contributed by atoms with Gasteiger partial charge in [0.05, 0.1) is 11.1 Å². The molecule has 3 heteroatoms. The number of hydrogen-bond acceptors (Lipinski definition) is 3. The first-order chi connectivity index (χ1) is 15.6. The number of carbonyl (C=O) groups excluding carboxylic acids is 1. The molecule has 160 valence electrons. The van der Waals surface area contributed by atoms with Gasteiger partial charge in [-0.15, -0.1) is 0 Å². The van der Waals surface area contributed by atoms with Gasteiger partial charge in [-0.1, -0.05) is 66.7 Å². The normalized spacial score (nSPS) is 11.2. The molecule has 0 unspecified atom stereocenters. The molecular formula is C29H28N2O. The number of benzene rings is 3. The van der Waals surface area contributed by atoms with Crippen molar-refractivity contribution in [2.75, 3.05) is 18.0 Å². The van der Waals surface area contributed by atoms with Gasteiger partial charge in [-0.2, -0.15) is 0 Å². The lowest BCUT2D eigenvalue weighted by Crippen LogP contribution is -2.21. The topological polar surface area (TPSA) is 33.2 Å². The third-order valence-corrected chi connectivity index (χ3v) is 5.83. The molecule has 4 aromatic rings. The molecule has 0 aliphatic heterocycles. The van der Waals surface area contributed by atoms with E-state index in [1.807, 2.05) is 67.6 Å². The van der Waals surface area contributed by atoms with E-state index in [9.17, 15) is 4.79 Å². The van der Waals surface area contributed by atoms with Crippen molar-refractivity contribution in [1.29, 1.82) is 0 Å². The van der Waals surface area contributed by atoms with Crippen LogP contribution in [0.25, 0.3) is 28.1 Å². The maximum atomic E-state index is 13.4. The van der Waals surface area contributed by atoms with Crippen molar-refractivity contribution >= 4 is 28.4 Å². The molecule has 0 radical (unpaired) electrons. The minimum atomic E-state index is -0.0348. The number of para-hydroxylation sites is 1. The lowest BCUT2D eigenvalue weighted by Gasteiger charge is -2.20. The number of rotatable bonds is 7. The summed E-state index contributed by atoms with van der Waals surface area (Å²) < 4.78 is 0. The molecular weight excluding hydrogens is 392 g/mol. The predicted molar refractivity (Wildman–Crippen MR) is 135 cm³/mol. The van der Waals surface area contributed by atoms with Gasteiger partial charge in [-0.3, -0.25) is 9.78 Å². The van der Waals surface area contributed by atoms with E-state index in [0.717, 1.165) is 46.4 Å². The van der Waals surface area contributed by atoms with E-state index in [1.165, 1.54) is 5.69 Å². The van der Waals surface area contributed by atoms with Gasteiger partial charge in [-0.25, -0.2) is 0 Å². The Morgan fingerprint density at radius 2 is 1.53 bits per heavy atom. The van der Waals surface area contributed by atoms with Crippen molar-refractivity contribution in [2.45, 2.75) is 20.8 Å². The highest BCUT2D eigenvalue weighted by Gasteiger charge is 2.18. The molecule has 0 fully saturated rings. The molecule has 1 aromatic heterocycles. The minimum absolute atomic E-state index is 0.0348. The maximum absolute atomic E-state index is 13.4. The largest absolute Gasteiger partial charge is 0.372 e. The summed E-state index contributed by atoms with van der Waals surface area (Å²) in [6.07, 6.45) is 3.55. The quantitative estimate of drug-likeness (QED) is 0.239. The third kappa shape index (κ3) is 4.33. The summed E-state index contributed by atoms with van der Waals surface area (Å²) in [6.45, 7) is 8.17. The van der Waals surface area contributed by atoms with Crippen molar-refractivity contribution in [3.05, 3.63) is 102 Å². The summed E-state index contributed by atoms with van der Waals surface area (Å²) in [5.41, 5.74) is 6.47. The fourth-order valence-electron chi connectivity index (χ4n) is 4.18. The van der Waals surface area contributed by atoms with Crippen molar-refractivity contribution in [3.63, 3.8) is 0 Å². The number of allylic oxidation sites excluding steroid dienone is 1. The Morgan fingerprint density at radius 1 is 0.875 bits per heavy atom. The average molecular weight is 421 g/mol. The van der Waals surface area contributed by atoms with Crippen LogP contribution in [0.3, 0.4) is 0 Å². The van der Waals surface area contributed by atoms with Crippen LogP contribution < -0.4 is 4.90 Å². The monoisotopic (exact) mass is 420 g/mol. The first-order valence-corrected chi connectivity index (χ1v) is 11.1. The molecule has 32 heavy (non-hydrogen) atoms. The van der Waals surface area contributed by atoms with Crippen LogP contribution in [0.15, 0.2) is 84.9 Å². The average Bonchev–Trinajstić information content (AvgIpc) is 2.83. The van der Waals surface area contributed by atoms with E-state index in [-0.39, 0.29) is 5.78 Å². The molecule has 0 aliphatic rings. The van der Waals surface area contributed by atoms with Crippen LogP contribution in [-0.2, 0) is 0 Å². The SMILES string of the molecule is CCN(CC)c1ccc(/C=C/C(=O)c2c(C)nc3ccccc3c2-c2ccccc2)cc1.